The Kier molecular flexibility index (Phi) is 5.96. The molecule has 0 aromatic heterocycles. The number of carbonyl (C=O) groups is 2. The Balaban J connectivity index is 1.55. The van der Waals surface area contributed by atoms with E-state index in [1.54, 1.807) is 72.8 Å². The average Bonchev–Trinajstić information content (AvgIpc) is 2.79. The van der Waals surface area contributed by atoms with Crippen molar-refractivity contribution in [1.82, 2.24) is 0 Å². The number of nitrogens with zero attached hydrogens (tertiary/aromatic N) is 1. The molecule has 3 aromatic rings. The highest BCUT2D eigenvalue weighted by atomic mass is 32.2. The van der Waals surface area contributed by atoms with Crippen LogP contribution in [0.15, 0.2) is 77.7 Å². The molecular formula is C24H23N3O4S. The molecule has 0 saturated heterocycles. The van der Waals surface area contributed by atoms with E-state index in [0.717, 1.165) is 5.56 Å². The minimum absolute atomic E-state index is 0.167. The number of aryl methyl sites for hydroxylation is 1. The van der Waals surface area contributed by atoms with Gasteiger partial charge in [0.15, 0.2) is 0 Å². The normalized spacial score (nSPS) is 13.2. The highest BCUT2D eigenvalue weighted by molar-refractivity contribution is 7.92. The first kappa shape index (κ1) is 21.6. The van der Waals surface area contributed by atoms with Gasteiger partial charge in [0, 0.05) is 30.4 Å². The number of hydrogen-bond donors (Lipinski definition) is 2. The van der Waals surface area contributed by atoms with E-state index < -0.39 is 10.0 Å². The summed E-state index contributed by atoms with van der Waals surface area (Å²) in [6.45, 7) is 1.83. The molecule has 0 atom stereocenters. The molecule has 4 rings (SSSR count). The summed E-state index contributed by atoms with van der Waals surface area (Å²) in [6, 6.07) is 20.3. The van der Waals surface area contributed by atoms with Crippen molar-refractivity contribution in [3.05, 3.63) is 83.9 Å². The first-order valence-electron chi connectivity index (χ1n) is 10.2. The standard InChI is InChI=1S/C24H23N3O4S/c1-17(28)25-20-10-12-21(13-11-20)26-24(29)19-9-14-23-18(16-19)6-5-15-27(23)32(30,31)22-7-3-2-4-8-22/h2-4,7-14,16H,5-6,15H2,1H3,(H,25,28)(H,26,29). The van der Waals surface area contributed by atoms with Crippen molar-refractivity contribution in [2.45, 2.75) is 24.7 Å². The van der Waals surface area contributed by atoms with E-state index in [1.807, 2.05) is 0 Å². The Hall–Kier alpha value is -3.65. The summed E-state index contributed by atoms with van der Waals surface area (Å²) < 4.78 is 27.7. The average molecular weight is 450 g/mol. The Morgan fingerprint density at radius 2 is 1.53 bits per heavy atom. The monoisotopic (exact) mass is 449 g/mol. The Labute approximate surface area is 187 Å². The molecule has 0 fully saturated rings. The van der Waals surface area contributed by atoms with Gasteiger partial charge in [0.05, 0.1) is 10.6 Å². The SMILES string of the molecule is CC(=O)Nc1ccc(NC(=O)c2ccc3c(c2)CCCN3S(=O)(=O)c2ccccc2)cc1. The summed E-state index contributed by atoms with van der Waals surface area (Å²) in [5, 5.41) is 5.50. The van der Waals surface area contributed by atoms with Gasteiger partial charge in [-0.15, -0.1) is 0 Å². The molecule has 7 nitrogen and oxygen atoms in total. The number of nitrogens with one attached hydrogen (secondary N) is 2. The molecule has 3 aromatic carbocycles. The zero-order valence-electron chi connectivity index (χ0n) is 17.5. The first-order chi connectivity index (χ1) is 15.3. The van der Waals surface area contributed by atoms with Gasteiger partial charge in [0.1, 0.15) is 0 Å². The van der Waals surface area contributed by atoms with Gasteiger partial charge in [-0.2, -0.15) is 0 Å². The summed E-state index contributed by atoms with van der Waals surface area (Å²) in [5.74, 6) is -0.456. The zero-order chi connectivity index (χ0) is 22.7. The number of carbonyl (C=O) groups excluding carboxylic acids is 2. The van der Waals surface area contributed by atoms with Gasteiger partial charge in [-0.1, -0.05) is 18.2 Å². The van der Waals surface area contributed by atoms with Crippen LogP contribution >= 0.6 is 0 Å². The molecule has 32 heavy (non-hydrogen) atoms. The number of sulfonamides is 1. The summed E-state index contributed by atoms with van der Waals surface area (Å²) in [6.07, 6.45) is 1.37. The van der Waals surface area contributed by atoms with E-state index in [-0.39, 0.29) is 16.7 Å². The molecule has 1 aliphatic rings. The van der Waals surface area contributed by atoms with Crippen molar-refractivity contribution in [3.8, 4) is 0 Å². The topological polar surface area (TPSA) is 95.6 Å². The minimum Gasteiger partial charge on any atom is -0.326 e. The molecule has 164 valence electrons. The second kappa shape index (κ2) is 8.84. The van der Waals surface area contributed by atoms with Gasteiger partial charge >= 0.3 is 0 Å². The second-order valence-electron chi connectivity index (χ2n) is 7.55. The maximum absolute atomic E-state index is 13.1. The molecule has 0 radical (unpaired) electrons. The van der Waals surface area contributed by atoms with Gasteiger partial charge in [-0.25, -0.2) is 8.42 Å². The van der Waals surface area contributed by atoms with Crippen molar-refractivity contribution < 1.29 is 18.0 Å². The van der Waals surface area contributed by atoms with Crippen LogP contribution in [0, 0.1) is 0 Å². The lowest BCUT2D eigenvalue weighted by Gasteiger charge is -2.30. The van der Waals surface area contributed by atoms with Crippen LogP contribution < -0.4 is 14.9 Å². The fourth-order valence-electron chi connectivity index (χ4n) is 3.72. The van der Waals surface area contributed by atoms with E-state index in [2.05, 4.69) is 10.6 Å². The number of hydrogen-bond acceptors (Lipinski definition) is 4. The number of benzene rings is 3. The van der Waals surface area contributed by atoms with Crippen molar-refractivity contribution >= 4 is 38.9 Å². The van der Waals surface area contributed by atoms with Crippen LogP contribution in [-0.4, -0.2) is 26.8 Å². The highest BCUT2D eigenvalue weighted by Gasteiger charge is 2.29. The molecule has 0 spiro atoms. The van der Waals surface area contributed by atoms with Crippen LogP contribution in [0.3, 0.4) is 0 Å². The predicted octanol–water partition coefficient (Wildman–Crippen LogP) is 4.04. The van der Waals surface area contributed by atoms with Crippen molar-refractivity contribution in [3.63, 3.8) is 0 Å². The lowest BCUT2D eigenvalue weighted by Crippen LogP contribution is -2.35. The lowest BCUT2D eigenvalue weighted by molar-refractivity contribution is -0.114. The van der Waals surface area contributed by atoms with Crippen LogP contribution in [0.2, 0.25) is 0 Å². The summed E-state index contributed by atoms with van der Waals surface area (Å²) in [7, 11) is -3.67. The van der Waals surface area contributed by atoms with Crippen LogP contribution in [0.4, 0.5) is 17.1 Å². The van der Waals surface area contributed by atoms with Gasteiger partial charge in [-0.05, 0) is 73.0 Å². The van der Waals surface area contributed by atoms with Gasteiger partial charge < -0.3 is 10.6 Å². The smallest absolute Gasteiger partial charge is 0.264 e. The van der Waals surface area contributed by atoms with E-state index in [0.29, 0.717) is 42.0 Å². The summed E-state index contributed by atoms with van der Waals surface area (Å²) in [4.78, 5) is 24.1. The summed E-state index contributed by atoms with van der Waals surface area (Å²) in [5.41, 5.74) is 3.12. The van der Waals surface area contributed by atoms with E-state index in [1.165, 1.54) is 11.2 Å². The number of amides is 2. The molecule has 1 heterocycles. The fraction of sp³-hybridized carbons (Fsp3) is 0.167. The highest BCUT2D eigenvalue weighted by Crippen LogP contribution is 2.32. The number of fused-ring (bicyclic) bond motifs is 1. The molecule has 0 bridgehead atoms. The van der Waals surface area contributed by atoms with Crippen LogP contribution in [0.5, 0.6) is 0 Å². The third kappa shape index (κ3) is 4.50. The zero-order valence-corrected chi connectivity index (χ0v) is 18.4. The summed E-state index contributed by atoms with van der Waals surface area (Å²) >= 11 is 0. The molecule has 0 unspecified atom stereocenters. The van der Waals surface area contributed by atoms with Gasteiger partial charge in [-0.3, -0.25) is 13.9 Å². The molecular weight excluding hydrogens is 426 g/mol. The fourth-order valence-corrected chi connectivity index (χ4v) is 5.28. The van der Waals surface area contributed by atoms with Gasteiger partial charge in [0.25, 0.3) is 15.9 Å². The number of rotatable bonds is 5. The lowest BCUT2D eigenvalue weighted by atomic mass is 10.0. The molecule has 0 aliphatic carbocycles. The molecule has 1 aliphatic heterocycles. The molecule has 2 amide bonds. The first-order valence-corrected chi connectivity index (χ1v) is 11.7. The molecule has 0 saturated carbocycles. The maximum atomic E-state index is 13.1. The second-order valence-corrected chi connectivity index (χ2v) is 9.41. The maximum Gasteiger partial charge on any atom is 0.264 e. The van der Waals surface area contributed by atoms with E-state index in [9.17, 15) is 18.0 Å². The van der Waals surface area contributed by atoms with Crippen molar-refractivity contribution in [1.29, 1.82) is 0 Å². The number of anilines is 3. The molecule has 8 heteroatoms. The largest absolute Gasteiger partial charge is 0.326 e. The van der Waals surface area contributed by atoms with E-state index in [4.69, 9.17) is 0 Å². The van der Waals surface area contributed by atoms with Crippen LogP contribution in [0.1, 0.15) is 29.3 Å². The minimum atomic E-state index is -3.67. The Morgan fingerprint density at radius 3 is 2.19 bits per heavy atom. The predicted molar refractivity (Wildman–Crippen MR) is 124 cm³/mol. The van der Waals surface area contributed by atoms with Gasteiger partial charge in [0.2, 0.25) is 5.91 Å². The Morgan fingerprint density at radius 1 is 0.875 bits per heavy atom. The quantitative estimate of drug-likeness (QED) is 0.615. The van der Waals surface area contributed by atoms with E-state index >= 15 is 0 Å². The third-order valence-electron chi connectivity index (χ3n) is 5.21. The third-order valence-corrected chi connectivity index (χ3v) is 7.04. The van der Waals surface area contributed by atoms with Crippen molar-refractivity contribution in [2.24, 2.45) is 0 Å². The van der Waals surface area contributed by atoms with Crippen LogP contribution in [-0.2, 0) is 21.2 Å². The van der Waals surface area contributed by atoms with Crippen LogP contribution in [0.25, 0.3) is 0 Å². The Bertz CT molecular complexity index is 1260. The molecule has 2 N–H and O–H groups in total. The van der Waals surface area contributed by atoms with Crippen molar-refractivity contribution in [2.75, 3.05) is 21.5 Å².